The molecule has 20 heavy (non-hydrogen) atoms. The molecule has 106 valence electrons. The van der Waals surface area contributed by atoms with E-state index in [1.165, 1.54) is 6.92 Å². The molecule has 0 radical (unpaired) electrons. The van der Waals surface area contributed by atoms with Gasteiger partial charge in [-0.2, -0.15) is 8.42 Å². The number of benzene rings is 1. The van der Waals surface area contributed by atoms with Crippen LogP contribution in [-0.2, 0) is 21.4 Å². The Kier molecular flexibility index (Phi) is 3.89. The topological polar surface area (TPSA) is 87.0 Å². The van der Waals surface area contributed by atoms with E-state index in [2.05, 4.69) is 4.40 Å². The van der Waals surface area contributed by atoms with E-state index in [-0.39, 0.29) is 17.8 Å². The third kappa shape index (κ3) is 3.05. The van der Waals surface area contributed by atoms with E-state index >= 15 is 0 Å². The highest BCUT2D eigenvalue weighted by molar-refractivity contribution is 7.88. The number of nitrogens with zero attached hydrogens (tertiary/aromatic N) is 2. The molecule has 1 aromatic rings. The van der Waals surface area contributed by atoms with Crippen LogP contribution in [0.2, 0.25) is 0 Å². The lowest BCUT2D eigenvalue weighted by Crippen LogP contribution is -2.32. The Morgan fingerprint density at radius 2 is 1.95 bits per heavy atom. The van der Waals surface area contributed by atoms with Crippen molar-refractivity contribution in [2.24, 2.45) is 4.40 Å². The van der Waals surface area contributed by atoms with Crippen molar-refractivity contribution in [1.82, 2.24) is 4.31 Å². The van der Waals surface area contributed by atoms with Crippen LogP contribution in [0, 0.1) is 0 Å². The summed E-state index contributed by atoms with van der Waals surface area (Å²) in [5.74, 6) is -1.19. The number of hydrogen-bond acceptors (Lipinski definition) is 3. The average molecular weight is 294 g/mol. The number of hydrogen-bond donors (Lipinski definition) is 1. The Bertz CT molecular complexity index is 678. The van der Waals surface area contributed by atoms with Gasteiger partial charge in [0.2, 0.25) is 0 Å². The standard InChI is InChI=1S/C13H14N2O4S/c1-10-12(13(16)17)9-15(20(18,19)14-10)8-7-11-5-3-2-4-6-11/h2-6,9H,7-8H2,1H3,(H,16,17). The van der Waals surface area contributed by atoms with E-state index in [9.17, 15) is 13.2 Å². The summed E-state index contributed by atoms with van der Waals surface area (Å²) in [5.41, 5.74) is 0.862. The molecule has 1 aliphatic rings. The molecule has 0 bridgehead atoms. The predicted molar refractivity (Wildman–Crippen MR) is 74.6 cm³/mol. The molecule has 0 aliphatic carbocycles. The molecular weight excluding hydrogens is 280 g/mol. The molecule has 1 N–H and O–H groups in total. The molecule has 1 heterocycles. The molecular formula is C13H14N2O4S. The predicted octanol–water partition coefficient (Wildman–Crippen LogP) is 1.22. The van der Waals surface area contributed by atoms with Crippen molar-refractivity contribution in [3.63, 3.8) is 0 Å². The van der Waals surface area contributed by atoms with E-state index in [4.69, 9.17) is 5.11 Å². The van der Waals surface area contributed by atoms with E-state index in [1.54, 1.807) is 0 Å². The first-order chi connectivity index (χ1) is 9.40. The molecule has 0 aromatic heterocycles. The van der Waals surface area contributed by atoms with Gasteiger partial charge in [-0.25, -0.2) is 4.79 Å². The van der Waals surface area contributed by atoms with Crippen LogP contribution in [0.15, 0.2) is 46.5 Å². The molecule has 1 aromatic carbocycles. The van der Waals surface area contributed by atoms with Gasteiger partial charge in [-0.3, -0.25) is 4.31 Å². The molecule has 0 amide bonds. The highest BCUT2D eigenvalue weighted by Crippen LogP contribution is 2.17. The highest BCUT2D eigenvalue weighted by Gasteiger charge is 2.27. The SMILES string of the molecule is CC1=NS(=O)(=O)N(CCc2ccccc2)C=C1C(=O)O. The zero-order valence-corrected chi connectivity index (χ0v) is 11.7. The van der Waals surface area contributed by atoms with Gasteiger partial charge >= 0.3 is 16.2 Å². The van der Waals surface area contributed by atoms with Crippen molar-refractivity contribution in [2.45, 2.75) is 13.3 Å². The molecule has 6 nitrogen and oxygen atoms in total. The molecule has 7 heteroatoms. The van der Waals surface area contributed by atoms with Crippen molar-refractivity contribution in [3.8, 4) is 0 Å². The number of carboxylic acid groups (broad SMARTS) is 1. The van der Waals surface area contributed by atoms with Crippen LogP contribution in [0.4, 0.5) is 0 Å². The molecule has 0 saturated carbocycles. The maximum atomic E-state index is 11.9. The largest absolute Gasteiger partial charge is 0.478 e. The van der Waals surface area contributed by atoms with E-state index in [1.807, 2.05) is 30.3 Å². The first-order valence-corrected chi connectivity index (χ1v) is 7.37. The summed E-state index contributed by atoms with van der Waals surface area (Å²) in [6, 6.07) is 9.36. The molecule has 1 aliphatic heterocycles. The van der Waals surface area contributed by atoms with E-state index in [0.29, 0.717) is 6.42 Å². The third-order valence-electron chi connectivity index (χ3n) is 2.91. The lowest BCUT2D eigenvalue weighted by Gasteiger charge is -2.22. The molecule has 0 saturated heterocycles. The van der Waals surface area contributed by atoms with Gasteiger partial charge < -0.3 is 5.11 Å². The maximum Gasteiger partial charge on any atom is 0.344 e. The van der Waals surface area contributed by atoms with Crippen molar-refractivity contribution < 1.29 is 18.3 Å². The lowest BCUT2D eigenvalue weighted by molar-refractivity contribution is -0.132. The summed E-state index contributed by atoms with van der Waals surface area (Å²) in [5, 5.41) is 9.01. The Labute approximate surface area is 117 Å². The number of carbonyl (C=O) groups is 1. The smallest absolute Gasteiger partial charge is 0.344 e. The van der Waals surface area contributed by atoms with Gasteiger partial charge in [-0.1, -0.05) is 30.3 Å². The van der Waals surface area contributed by atoms with Crippen LogP contribution in [0.1, 0.15) is 12.5 Å². The first kappa shape index (κ1) is 14.3. The van der Waals surface area contributed by atoms with Crippen LogP contribution >= 0.6 is 0 Å². The zero-order valence-electron chi connectivity index (χ0n) is 10.9. The number of carboxylic acids is 1. The van der Waals surface area contributed by atoms with Crippen LogP contribution in [0.5, 0.6) is 0 Å². The van der Waals surface area contributed by atoms with Crippen LogP contribution in [-0.4, -0.2) is 36.1 Å². The average Bonchev–Trinajstić information content (AvgIpc) is 2.37. The monoisotopic (exact) mass is 294 g/mol. The fourth-order valence-electron chi connectivity index (χ4n) is 1.85. The minimum atomic E-state index is -3.83. The lowest BCUT2D eigenvalue weighted by atomic mass is 10.1. The Morgan fingerprint density at radius 1 is 1.30 bits per heavy atom. The van der Waals surface area contributed by atoms with Crippen molar-refractivity contribution >= 4 is 21.9 Å². The molecule has 2 rings (SSSR count). The highest BCUT2D eigenvalue weighted by atomic mass is 32.2. The van der Waals surface area contributed by atoms with Gasteiger partial charge in [0.05, 0.1) is 11.3 Å². The van der Waals surface area contributed by atoms with E-state index in [0.717, 1.165) is 16.1 Å². The summed E-state index contributed by atoms with van der Waals surface area (Å²) in [6.07, 6.45) is 1.61. The minimum Gasteiger partial charge on any atom is -0.478 e. The number of rotatable bonds is 4. The molecule has 0 unspecified atom stereocenters. The molecule has 0 spiro atoms. The van der Waals surface area contributed by atoms with Gasteiger partial charge in [0.15, 0.2) is 0 Å². The van der Waals surface area contributed by atoms with Gasteiger partial charge in [0.1, 0.15) is 0 Å². The van der Waals surface area contributed by atoms with Crippen molar-refractivity contribution in [2.75, 3.05) is 6.54 Å². The molecule has 0 fully saturated rings. The third-order valence-corrected chi connectivity index (χ3v) is 4.29. The summed E-state index contributed by atoms with van der Waals surface area (Å²) in [7, 11) is -3.83. The zero-order chi connectivity index (χ0) is 14.8. The Morgan fingerprint density at radius 3 is 2.55 bits per heavy atom. The maximum absolute atomic E-state index is 11.9. The van der Waals surface area contributed by atoms with Crippen LogP contribution in [0.3, 0.4) is 0 Å². The summed E-state index contributed by atoms with van der Waals surface area (Å²) in [6.45, 7) is 1.52. The Hall–Kier alpha value is -2.15. The van der Waals surface area contributed by atoms with Gasteiger partial charge in [0.25, 0.3) is 0 Å². The fourth-order valence-corrected chi connectivity index (χ4v) is 2.96. The second-order valence-corrected chi connectivity index (χ2v) is 5.90. The van der Waals surface area contributed by atoms with Gasteiger partial charge in [-0.15, -0.1) is 4.40 Å². The second-order valence-electron chi connectivity index (χ2n) is 4.35. The van der Waals surface area contributed by atoms with Gasteiger partial charge in [0, 0.05) is 12.7 Å². The normalized spacial score (nSPS) is 17.4. The van der Waals surface area contributed by atoms with Crippen molar-refractivity contribution in [3.05, 3.63) is 47.7 Å². The second kappa shape index (κ2) is 5.46. The first-order valence-electron chi connectivity index (χ1n) is 5.98. The van der Waals surface area contributed by atoms with Crippen molar-refractivity contribution in [1.29, 1.82) is 0 Å². The Balaban J connectivity index is 2.20. The molecule has 0 atom stereocenters. The summed E-state index contributed by atoms with van der Waals surface area (Å²) >= 11 is 0. The minimum absolute atomic E-state index is 0.00605. The quantitative estimate of drug-likeness (QED) is 0.904. The van der Waals surface area contributed by atoms with E-state index < -0.39 is 16.2 Å². The summed E-state index contributed by atoms with van der Waals surface area (Å²) in [4.78, 5) is 11.0. The fraction of sp³-hybridized carbons (Fsp3) is 0.231. The van der Waals surface area contributed by atoms with Gasteiger partial charge in [-0.05, 0) is 18.9 Å². The number of aliphatic carboxylic acids is 1. The summed E-state index contributed by atoms with van der Waals surface area (Å²) < 4.78 is 28.2. The van der Waals surface area contributed by atoms with Crippen LogP contribution < -0.4 is 0 Å². The van der Waals surface area contributed by atoms with Crippen LogP contribution in [0.25, 0.3) is 0 Å².